The van der Waals surface area contributed by atoms with Gasteiger partial charge in [-0.25, -0.2) is 14.2 Å². The largest absolute Gasteiger partial charge is 0.423 e. The number of aromatic nitrogens is 2. The summed E-state index contributed by atoms with van der Waals surface area (Å²) in [4.78, 5) is 24.1. The number of oxazole rings is 1. The van der Waals surface area contributed by atoms with Gasteiger partial charge in [0.1, 0.15) is 11.3 Å². The highest BCUT2D eigenvalue weighted by atomic mass is 32.1. The first-order valence-corrected chi connectivity index (χ1v) is 10.2. The van der Waals surface area contributed by atoms with Crippen LogP contribution in [0.3, 0.4) is 0 Å². The van der Waals surface area contributed by atoms with Gasteiger partial charge in [0.2, 0.25) is 0 Å². The number of carbonyl (C=O) groups excluding carboxylic acids is 1. The first-order chi connectivity index (χ1) is 13.9. The van der Waals surface area contributed by atoms with Crippen molar-refractivity contribution in [2.45, 2.75) is 45.3 Å². The van der Waals surface area contributed by atoms with Crippen LogP contribution in [-0.2, 0) is 6.42 Å². The molecule has 154 valence electrons. The van der Waals surface area contributed by atoms with Crippen LogP contribution >= 0.6 is 11.3 Å². The molecule has 0 unspecified atom stereocenters. The Morgan fingerprint density at radius 2 is 2.24 bits per heavy atom. The van der Waals surface area contributed by atoms with Gasteiger partial charge in [0, 0.05) is 18.5 Å². The summed E-state index contributed by atoms with van der Waals surface area (Å²) in [7, 11) is 0. The SMILES string of the molecule is C[C@H](CO)NC(=O)Nc1nc2c(s1)[C@H](C)N(c1nc3cc(F)ccc3o1)[C@H](C)C2. The minimum Gasteiger partial charge on any atom is -0.423 e. The van der Waals surface area contributed by atoms with Crippen molar-refractivity contribution in [3.05, 3.63) is 34.6 Å². The predicted molar refractivity (Wildman–Crippen MR) is 109 cm³/mol. The molecule has 10 heteroatoms. The third kappa shape index (κ3) is 3.77. The molecule has 1 aliphatic rings. The van der Waals surface area contributed by atoms with Crippen LogP contribution in [0, 0.1) is 5.82 Å². The average Bonchev–Trinajstić information content (AvgIpc) is 3.24. The molecule has 0 aliphatic carbocycles. The maximum Gasteiger partial charge on any atom is 0.321 e. The molecule has 0 radical (unpaired) electrons. The molecule has 3 atom stereocenters. The maximum absolute atomic E-state index is 13.5. The Balaban J connectivity index is 1.58. The standard InChI is InChI=1S/C19H22FN5O3S/c1-9(8-26)21-17(27)24-18-22-14-6-10(2)25(11(3)16(14)29-18)19-23-13-7-12(20)4-5-15(13)28-19/h4-5,7,9-11,26H,6,8H2,1-3H3,(H2,21,22,24,27)/t9-,10-,11+/m1/s1. The van der Waals surface area contributed by atoms with Gasteiger partial charge < -0.3 is 19.7 Å². The molecule has 1 aliphatic heterocycles. The molecule has 4 rings (SSSR count). The van der Waals surface area contributed by atoms with Crippen molar-refractivity contribution in [2.24, 2.45) is 0 Å². The van der Waals surface area contributed by atoms with Crippen molar-refractivity contribution in [1.29, 1.82) is 0 Å². The summed E-state index contributed by atoms with van der Waals surface area (Å²) >= 11 is 1.40. The van der Waals surface area contributed by atoms with Crippen LogP contribution in [0.1, 0.15) is 37.4 Å². The van der Waals surface area contributed by atoms with Crippen LogP contribution in [0.4, 0.5) is 20.3 Å². The molecule has 29 heavy (non-hydrogen) atoms. The monoisotopic (exact) mass is 419 g/mol. The van der Waals surface area contributed by atoms with E-state index >= 15 is 0 Å². The molecule has 3 N–H and O–H groups in total. The van der Waals surface area contributed by atoms with E-state index in [-0.39, 0.29) is 30.5 Å². The quantitative estimate of drug-likeness (QED) is 0.599. The molecule has 8 nitrogen and oxygen atoms in total. The van der Waals surface area contributed by atoms with Gasteiger partial charge in [-0.1, -0.05) is 11.3 Å². The van der Waals surface area contributed by atoms with E-state index in [1.54, 1.807) is 13.0 Å². The Hall–Kier alpha value is -2.72. The summed E-state index contributed by atoms with van der Waals surface area (Å²) in [5, 5.41) is 14.9. The number of hydrogen-bond donors (Lipinski definition) is 3. The van der Waals surface area contributed by atoms with E-state index in [4.69, 9.17) is 9.52 Å². The predicted octanol–water partition coefficient (Wildman–Crippen LogP) is 3.44. The average molecular weight is 419 g/mol. The highest BCUT2D eigenvalue weighted by molar-refractivity contribution is 7.16. The fourth-order valence-corrected chi connectivity index (χ4v) is 4.57. The van der Waals surface area contributed by atoms with Gasteiger partial charge in [-0.2, -0.15) is 4.98 Å². The lowest BCUT2D eigenvalue weighted by molar-refractivity contribution is 0.229. The molecule has 0 saturated heterocycles. The molecule has 0 saturated carbocycles. The topological polar surface area (TPSA) is 104 Å². The fourth-order valence-electron chi connectivity index (χ4n) is 3.53. The van der Waals surface area contributed by atoms with E-state index < -0.39 is 6.03 Å². The molecule has 2 aromatic heterocycles. The fraction of sp³-hybridized carbons (Fsp3) is 0.421. The number of benzene rings is 1. The highest BCUT2D eigenvalue weighted by Crippen LogP contribution is 2.41. The third-order valence-corrected chi connectivity index (χ3v) is 6.10. The van der Waals surface area contributed by atoms with Gasteiger partial charge >= 0.3 is 6.03 Å². The molecule has 0 fully saturated rings. The van der Waals surface area contributed by atoms with Crippen LogP contribution in [0.15, 0.2) is 22.6 Å². The second-order valence-electron chi connectivity index (χ2n) is 7.26. The van der Waals surface area contributed by atoms with Gasteiger partial charge in [0.15, 0.2) is 10.7 Å². The number of nitrogens with zero attached hydrogens (tertiary/aromatic N) is 3. The number of thiazole rings is 1. The van der Waals surface area contributed by atoms with Crippen molar-refractivity contribution in [3.63, 3.8) is 0 Å². The lowest BCUT2D eigenvalue weighted by Crippen LogP contribution is -2.41. The number of amides is 2. The smallest absolute Gasteiger partial charge is 0.321 e. The highest BCUT2D eigenvalue weighted by Gasteiger charge is 2.35. The summed E-state index contributed by atoms with van der Waals surface area (Å²) in [5.74, 6) is -0.355. The van der Waals surface area contributed by atoms with Crippen LogP contribution < -0.4 is 15.5 Å². The maximum atomic E-state index is 13.5. The van der Waals surface area contributed by atoms with Crippen molar-refractivity contribution >= 4 is 39.6 Å². The first-order valence-electron chi connectivity index (χ1n) is 9.38. The van der Waals surface area contributed by atoms with E-state index in [2.05, 4.69) is 32.4 Å². The summed E-state index contributed by atoms with van der Waals surface area (Å²) in [6.07, 6.45) is 0.666. The second kappa shape index (κ2) is 7.60. The lowest BCUT2D eigenvalue weighted by atomic mass is 10.0. The number of nitrogens with one attached hydrogen (secondary N) is 2. The van der Waals surface area contributed by atoms with Crippen LogP contribution in [0.25, 0.3) is 11.1 Å². The molecule has 0 bridgehead atoms. The Labute approximate surface area is 170 Å². The van der Waals surface area contributed by atoms with E-state index in [0.29, 0.717) is 28.7 Å². The molecular formula is C19H22FN5O3S. The van der Waals surface area contributed by atoms with E-state index in [1.807, 2.05) is 6.92 Å². The number of urea groups is 1. The Bertz CT molecular complexity index is 1050. The molecule has 0 spiro atoms. The van der Waals surface area contributed by atoms with E-state index in [9.17, 15) is 9.18 Å². The zero-order valence-corrected chi connectivity index (χ0v) is 17.1. The number of rotatable bonds is 4. The number of carbonyl (C=O) groups is 1. The molecule has 3 aromatic rings. The van der Waals surface area contributed by atoms with Gasteiger partial charge in [-0.3, -0.25) is 5.32 Å². The van der Waals surface area contributed by atoms with Crippen LogP contribution in [0.2, 0.25) is 0 Å². The van der Waals surface area contributed by atoms with Gasteiger partial charge in [-0.05, 0) is 32.9 Å². The van der Waals surface area contributed by atoms with Crippen LogP contribution in [0.5, 0.6) is 0 Å². The Morgan fingerprint density at radius 3 is 3.00 bits per heavy atom. The molecule has 1 aromatic carbocycles. The van der Waals surface area contributed by atoms with Crippen LogP contribution in [-0.4, -0.2) is 39.8 Å². The Morgan fingerprint density at radius 1 is 1.45 bits per heavy atom. The van der Waals surface area contributed by atoms with Crippen molar-refractivity contribution in [1.82, 2.24) is 15.3 Å². The number of fused-ring (bicyclic) bond motifs is 2. The van der Waals surface area contributed by atoms with Crippen molar-refractivity contribution in [3.8, 4) is 0 Å². The van der Waals surface area contributed by atoms with Crippen molar-refractivity contribution < 1.29 is 18.7 Å². The lowest BCUT2D eigenvalue weighted by Gasteiger charge is -2.36. The minimum atomic E-state index is -0.406. The Kier molecular flexibility index (Phi) is 5.13. The number of aliphatic hydroxyl groups excluding tert-OH is 1. The number of hydrogen-bond acceptors (Lipinski definition) is 7. The van der Waals surface area contributed by atoms with Gasteiger partial charge in [0.05, 0.1) is 29.3 Å². The van der Waals surface area contributed by atoms with E-state index in [0.717, 1.165) is 10.6 Å². The van der Waals surface area contributed by atoms with Crippen molar-refractivity contribution in [2.75, 3.05) is 16.8 Å². The summed E-state index contributed by atoms with van der Waals surface area (Å²) in [6, 6.07) is 3.96. The zero-order valence-electron chi connectivity index (χ0n) is 16.3. The first kappa shape index (κ1) is 19.6. The molecule has 3 heterocycles. The summed E-state index contributed by atoms with van der Waals surface area (Å²) in [5.41, 5.74) is 1.94. The number of aliphatic hydroxyl groups is 1. The number of halogens is 1. The summed E-state index contributed by atoms with van der Waals surface area (Å²) in [6.45, 7) is 5.65. The molecular weight excluding hydrogens is 397 g/mol. The minimum absolute atomic E-state index is 0.0635. The van der Waals surface area contributed by atoms with Gasteiger partial charge in [-0.15, -0.1) is 0 Å². The second-order valence-corrected chi connectivity index (χ2v) is 8.29. The number of anilines is 2. The third-order valence-electron chi connectivity index (χ3n) is 4.92. The van der Waals surface area contributed by atoms with E-state index in [1.165, 1.54) is 23.5 Å². The van der Waals surface area contributed by atoms with Gasteiger partial charge in [0.25, 0.3) is 6.01 Å². The normalized spacial score (nSPS) is 19.8. The summed E-state index contributed by atoms with van der Waals surface area (Å²) < 4.78 is 19.4. The zero-order chi connectivity index (χ0) is 20.7. The molecule has 2 amide bonds.